The highest BCUT2D eigenvalue weighted by Crippen LogP contribution is 2.37. The van der Waals surface area contributed by atoms with Crippen LogP contribution < -0.4 is 9.64 Å². The highest BCUT2D eigenvalue weighted by atomic mass is 16.6. The number of carbonyl (C=O) groups is 1. The van der Waals surface area contributed by atoms with Crippen molar-refractivity contribution in [3.8, 4) is 5.75 Å². The third kappa shape index (κ3) is 3.85. The Morgan fingerprint density at radius 3 is 2.48 bits per heavy atom. The van der Waals surface area contributed by atoms with Crippen molar-refractivity contribution >= 4 is 17.3 Å². The van der Waals surface area contributed by atoms with Gasteiger partial charge in [-0.1, -0.05) is 43.3 Å². The Hall–Kier alpha value is -2.89. The van der Waals surface area contributed by atoms with E-state index in [1.54, 1.807) is 19.1 Å². The second-order valence-corrected chi connectivity index (χ2v) is 4.96. The van der Waals surface area contributed by atoms with Crippen LogP contribution in [-0.2, 0) is 11.4 Å². The number of benzene rings is 2. The van der Waals surface area contributed by atoms with Crippen LogP contribution in [0.5, 0.6) is 5.75 Å². The molecule has 0 heterocycles. The predicted molar refractivity (Wildman–Crippen MR) is 87.6 cm³/mol. The molecule has 0 fully saturated rings. The lowest BCUT2D eigenvalue weighted by Gasteiger charge is -2.18. The predicted octanol–water partition coefficient (Wildman–Crippen LogP) is 3.55. The van der Waals surface area contributed by atoms with Gasteiger partial charge in [-0.15, -0.1) is 0 Å². The van der Waals surface area contributed by atoms with Crippen molar-refractivity contribution in [2.45, 2.75) is 20.0 Å². The Bertz CT molecular complexity index is 701. The standard InChI is InChI=1S/C17H18N2O4/c1-3-16(20)18(2)14-10-7-11-15(17(14)19(21)22)23-12-13-8-5-4-6-9-13/h4-11H,3,12H2,1-2H3. The van der Waals surface area contributed by atoms with Crippen molar-refractivity contribution < 1.29 is 14.5 Å². The van der Waals surface area contributed by atoms with E-state index in [2.05, 4.69) is 0 Å². The number of carbonyl (C=O) groups excluding carboxylic acids is 1. The van der Waals surface area contributed by atoms with Crippen LogP contribution >= 0.6 is 0 Å². The number of ether oxygens (including phenoxy) is 1. The molecule has 0 aromatic heterocycles. The molecule has 0 N–H and O–H groups in total. The minimum absolute atomic E-state index is 0.145. The van der Waals surface area contributed by atoms with Gasteiger partial charge in [-0.3, -0.25) is 14.9 Å². The van der Waals surface area contributed by atoms with Gasteiger partial charge in [-0.05, 0) is 17.7 Å². The third-order valence-electron chi connectivity index (χ3n) is 3.44. The van der Waals surface area contributed by atoms with Crippen molar-refractivity contribution in [1.82, 2.24) is 0 Å². The van der Waals surface area contributed by atoms with Crippen LogP contribution in [-0.4, -0.2) is 17.9 Å². The second-order valence-electron chi connectivity index (χ2n) is 4.96. The number of nitro groups is 1. The van der Waals surface area contributed by atoms with E-state index in [4.69, 9.17) is 4.74 Å². The molecule has 2 aromatic carbocycles. The number of amides is 1. The largest absolute Gasteiger partial charge is 0.482 e. The number of anilines is 1. The van der Waals surface area contributed by atoms with Gasteiger partial charge < -0.3 is 9.64 Å². The van der Waals surface area contributed by atoms with Crippen molar-refractivity contribution in [3.05, 3.63) is 64.2 Å². The molecule has 1 amide bonds. The zero-order valence-electron chi connectivity index (χ0n) is 13.1. The van der Waals surface area contributed by atoms with Crippen molar-refractivity contribution in [2.75, 3.05) is 11.9 Å². The summed E-state index contributed by atoms with van der Waals surface area (Å²) in [5.41, 5.74) is 0.935. The van der Waals surface area contributed by atoms with Gasteiger partial charge in [0.15, 0.2) is 5.75 Å². The third-order valence-corrected chi connectivity index (χ3v) is 3.44. The van der Waals surface area contributed by atoms with Crippen LogP contribution in [0.4, 0.5) is 11.4 Å². The Kier molecular flexibility index (Phi) is 5.30. The zero-order chi connectivity index (χ0) is 16.8. The summed E-state index contributed by atoms with van der Waals surface area (Å²) in [6.45, 7) is 1.93. The minimum atomic E-state index is -0.519. The van der Waals surface area contributed by atoms with Gasteiger partial charge >= 0.3 is 5.69 Å². The van der Waals surface area contributed by atoms with Crippen molar-refractivity contribution in [3.63, 3.8) is 0 Å². The van der Waals surface area contributed by atoms with Crippen LogP contribution in [0.2, 0.25) is 0 Å². The number of hydrogen-bond acceptors (Lipinski definition) is 4. The fraction of sp³-hybridized carbons (Fsp3) is 0.235. The van der Waals surface area contributed by atoms with E-state index in [-0.39, 0.29) is 36.1 Å². The number of rotatable bonds is 6. The molecule has 0 saturated carbocycles. The lowest BCUT2D eigenvalue weighted by molar-refractivity contribution is -0.385. The average Bonchev–Trinajstić information content (AvgIpc) is 2.58. The van der Waals surface area contributed by atoms with Gasteiger partial charge in [-0.25, -0.2) is 0 Å². The number of para-hydroxylation sites is 1. The fourth-order valence-electron chi connectivity index (χ4n) is 2.19. The van der Waals surface area contributed by atoms with E-state index in [1.165, 1.54) is 18.0 Å². The van der Waals surface area contributed by atoms with E-state index in [9.17, 15) is 14.9 Å². The summed E-state index contributed by atoms with van der Waals surface area (Å²) in [5.74, 6) is -0.0552. The van der Waals surface area contributed by atoms with Gasteiger partial charge in [0.25, 0.3) is 0 Å². The van der Waals surface area contributed by atoms with E-state index >= 15 is 0 Å². The number of nitrogens with zero attached hydrogens (tertiary/aromatic N) is 2. The molecular formula is C17H18N2O4. The Morgan fingerprint density at radius 2 is 1.87 bits per heavy atom. The van der Waals surface area contributed by atoms with E-state index in [0.717, 1.165) is 5.56 Å². The number of hydrogen-bond donors (Lipinski definition) is 0. The summed E-state index contributed by atoms with van der Waals surface area (Å²) in [6, 6.07) is 14.1. The first-order valence-electron chi connectivity index (χ1n) is 7.25. The fourth-order valence-corrected chi connectivity index (χ4v) is 2.19. The summed E-state index contributed by atoms with van der Waals surface area (Å²) in [5, 5.41) is 11.5. The molecule has 0 radical (unpaired) electrons. The smallest absolute Gasteiger partial charge is 0.334 e. The second kappa shape index (κ2) is 7.40. The highest BCUT2D eigenvalue weighted by molar-refractivity contribution is 5.95. The normalized spacial score (nSPS) is 10.2. The maximum atomic E-state index is 11.8. The zero-order valence-corrected chi connectivity index (χ0v) is 13.1. The Labute approximate surface area is 134 Å². The van der Waals surface area contributed by atoms with Crippen LogP contribution in [0.3, 0.4) is 0 Å². The molecule has 0 aliphatic rings. The molecule has 0 unspecified atom stereocenters. The SMILES string of the molecule is CCC(=O)N(C)c1cccc(OCc2ccccc2)c1[N+](=O)[O-]. The molecular weight excluding hydrogens is 296 g/mol. The first-order chi connectivity index (χ1) is 11.0. The summed E-state index contributed by atoms with van der Waals surface area (Å²) < 4.78 is 5.61. The number of nitro benzene ring substituents is 1. The summed E-state index contributed by atoms with van der Waals surface area (Å²) in [7, 11) is 1.52. The van der Waals surface area contributed by atoms with Crippen molar-refractivity contribution in [2.24, 2.45) is 0 Å². The Balaban J connectivity index is 2.32. The van der Waals surface area contributed by atoms with Gasteiger partial charge in [0.05, 0.1) is 4.92 Å². The monoisotopic (exact) mass is 314 g/mol. The van der Waals surface area contributed by atoms with Crippen LogP contribution in [0.1, 0.15) is 18.9 Å². The van der Waals surface area contributed by atoms with Crippen LogP contribution in [0.25, 0.3) is 0 Å². The average molecular weight is 314 g/mol. The lowest BCUT2D eigenvalue weighted by atomic mass is 10.2. The molecule has 0 bridgehead atoms. The summed E-state index contributed by atoms with van der Waals surface area (Å²) in [6.07, 6.45) is 0.267. The molecule has 0 aliphatic carbocycles. The minimum Gasteiger partial charge on any atom is -0.482 e. The van der Waals surface area contributed by atoms with Crippen LogP contribution in [0, 0.1) is 10.1 Å². The topological polar surface area (TPSA) is 72.7 Å². The van der Waals surface area contributed by atoms with E-state index in [1.807, 2.05) is 30.3 Å². The molecule has 120 valence electrons. The maximum Gasteiger partial charge on any atom is 0.334 e. The molecule has 2 rings (SSSR count). The van der Waals surface area contributed by atoms with E-state index < -0.39 is 4.92 Å². The molecule has 23 heavy (non-hydrogen) atoms. The maximum absolute atomic E-state index is 11.8. The summed E-state index contributed by atoms with van der Waals surface area (Å²) >= 11 is 0. The van der Waals surface area contributed by atoms with Gasteiger partial charge in [0.1, 0.15) is 12.3 Å². The van der Waals surface area contributed by atoms with Gasteiger partial charge in [0, 0.05) is 13.5 Å². The molecule has 0 atom stereocenters. The first-order valence-corrected chi connectivity index (χ1v) is 7.25. The van der Waals surface area contributed by atoms with Crippen molar-refractivity contribution in [1.29, 1.82) is 0 Å². The molecule has 0 spiro atoms. The highest BCUT2D eigenvalue weighted by Gasteiger charge is 2.25. The first kappa shape index (κ1) is 16.5. The van der Waals surface area contributed by atoms with Crippen LogP contribution in [0.15, 0.2) is 48.5 Å². The van der Waals surface area contributed by atoms with E-state index in [0.29, 0.717) is 0 Å². The summed E-state index contributed by atoms with van der Waals surface area (Å²) in [4.78, 5) is 24.1. The molecule has 0 saturated heterocycles. The van der Waals surface area contributed by atoms with Gasteiger partial charge in [-0.2, -0.15) is 0 Å². The quantitative estimate of drug-likeness (QED) is 0.604. The lowest BCUT2D eigenvalue weighted by Crippen LogP contribution is -2.26. The Morgan fingerprint density at radius 1 is 1.17 bits per heavy atom. The van der Waals surface area contributed by atoms with Gasteiger partial charge in [0.2, 0.25) is 5.91 Å². The molecule has 0 aliphatic heterocycles. The molecule has 6 nitrogen and oxygen atoms in total. The molecule has 2 aromatic rings. The molecule has 6 heteroatoms.